The summed E-state index contributed by atoms with van der Waals surface area (Å²) >= 11 is 1.73. The van der Waals surface area contributed by atoms with Crippen LogP contribution in [0.2, 0.25) is 0 Å². The number of hydrogen-bond acceptors (Lipinski definition) is 6. The molecule has 0 fully saturated rings. The number of aryl methyl sites for hydroxylation is 2. The van der Waals surface area contributed by atoms with E-state index < -0.39 is 5.97 Å². The minimum atomic E-state index is -0.610. The first-order valence-electron chi connectivity index (χ1n) is 9.63. The fraction of sp³-hybridized carbons (Fsp3) is 0.304. The SMILES string of the molecule is COc1ccccc1OCC(=O)OCC(=O)c1cc(C)n(CCc2cccs2)c1C. The van der Waals surface area contributed by atoms with E-state index in [0.717, 1.165) is 24.4 Å². The molecule has 0 aliphatic heterocycles. The Kier molecular flexibility index (Phi) is 7.30. The maximum Gasteiger partial charge on any atom is 0.344 e. The zero-order valence-electron chi connectivity index (χ0n) is 17.3. The van der Waals surface area contributed by atoms with Gasteiger partial charge >= 0.3 is 5.97 Å². The number of rotatable bonds is 10. The molecule has 0 N–H and O–H groups in total. The third-order valence-electron chi connectivity index (χ3n) is 4.81. The molecule has 7 heteroatoms. The van der Waals surface area contributed by atoms with Crippen molar-refractivity contribution in [3.63, 3.8) is 0 Å². The van der Waals surface area contributed by atoms with Gasteiger partial charge in [-0.2, -0.15) is 0 Å². The van der Waals surface area contributed by atoms with Gasteiger partial charge in [0.05, 0.1) is 7.11 Å². The molecule has 0 spiro atoms. The Morgan fingerprint density at radius 3 is 2.50 bits per heavy atom. The summed E-state index contributed by atoms with van der Waals surface area (Å²) in [6.45, 7) is 4.08. The van der Waals surface area contributed by atoms with Crippen LogP contribution in [0.1, 0.15) is 26.6 Å². The van der Waals surface area contributed by atoms with E-state index in [2.05, 4.69) is 16.0 Å². The Morgan fingerprint density at radius 1 is 1.03 bits per heavy atom. The van der Waals surface area contributed by atoms with Crippen LogP contribution in [0.4, 0.5) is 0 Å². The van der Waals surface area contributed by atoms with Gasteiger partial charge in [-0.15, -0.1) is 11.3 Å². The molecule has 0 saturated carbocycles. The van der Waals surface area contributed by atoms with E-state index in [9.17, 15) is 9.59 Å². The number of carbonyl (C=O) groups excluding carboxylic acids is 2. The lowest BCUT2D eigenvalue weighted by Crippen LogP contribution is -2.20. The molecule has 0 atom stereocenters. The van der Waals surface area contributed by atoms with Gasteiger partial charge in [-0.25, -0.2) is 4.79 Å². The summed E-state index contributed by atoms with van der Waals surface area (Å²) in [5, 5.41) is 2.06. The van der Waals surface area contributed by atoms with Crippen LogP contribution in [0, 0.1) is 13.8 Å². The molecule has 0 bridgehead atoms. The Hall–Kier alpha value is -3.06. The fourth-order valence-electron chi connectivity index (χ4n) is 3.24. The second-order valence-electron chi connectivity index (χ2n) is 6.79. The lowest BCUT2D eigenvalue weighted by Gasteiger charge is -2.10. The number of benzene rings is 1. The number of carbonyl (C=O) groups is 2. The van der Waals surface area contributed by atoms with E-state index in [4.69, 9.17) is 14.2 Å². The van der Waals surface area contributed by atoms with Gasteiger partial charge in [-0.05, 0) is 49.9 Å². The second-order valence-corrected chi connectivity index (χ2v) is 7.82. The summed E-state index contributed by atoms with van der Waals surface area (Å²) in [6.07, 6.45) is 0.914. The second kappa shape index (κ2) is 10.1. The van der Waals surface area contributed by atoms with Crippen molar-refractivity contribution in [1.29, 1.82) is 0 Å². The van der Waals surface area contributed by atoms with Gasteiger partial charge in [-0.3, -0.25) is 4.79 Å². The molecular formula is C23H25NO5S. The predicted molar refractivity (Wildman–Crippen MR) is 116 cm³/mol. The van der Waals surface area contributed by atoms with Crippen molar-refractivity contribution in [1.82, 2.24) is 4.57 Å². The molecule has 6 nitrogen and oxygen atoms in total. The molecule has 0 radical (unpaired) electrons. The van der Waals surface area contributed by atoms with Gasteiger partial charge in [0.15, 0.2) is 24.7 Å². The number of para-hydroxylation sites is 2. The first kappa shape index (κ1) is 21.6. The van der Waals surface area contributed by atoms with Crippen molar-refractivity contribution in [2.75, 3.05) is 20.3 Å². The summed E-state index contributed by atoms with van der Waals surface area (Å²) < 4.78 is 17.8. The first-order chi connectivity index (χ1) is 14.5. The van der Waals surface area contributed by atoms with E-state index in [-0.39, 0.29) is 19.0 Å². The van der Waals surface area contributed by atoms with Crippen molar-refractivity contribution in [2.24, 2.45) is 0 Å². The molecule has 2 aromatic heterocycles. The average Bonchev–Trinajstić information content (AvgIpc) is 3.37. The van der Waals surface area contributed by atoms with Crippen molar-refractivity contribution in [3.05, 3.63) is 69.7 Å². The third-order valence-corrected chi connectivity index (χ3v) is 5.75. The van der Waals surface area contributed by atoms with Crippen molar-refractivity contribution in [2.45, 2.75) is 26.8 Å². The minimum Gasteiger partial charge on any atom is -0.493 e. The topological polar surface area (TPSA) is 66.8 Å². The molecule has 0 saturated heterocycles. The van der Waals surface area contributed by atoms with Gasteiger partial charge in [0, 0.05) is 28.4 Å². The highest BCUT2D eigenvalue weighted by Crippen LogP contribution is 2.25. The molecule has 0 amide bonds. The molecule has 0 aliphatic rings. The van der Waals surface area contributed by atoms with E-state index in [1.807, 2.05) is 26.0 Å². The van der Waals surface area contributed by atoms with Crippen molar-refractivity contribution >= 4 is 23.1 Å². The molecule has 0 unspecified atom stereocenters. The van der Waals surface area contributed by atoms with E-state index >= 15 is 0 Å². The summed E-state index contributed by atoms with van der Waals surface area (Å²) in [7, 11) is 1.52. The number of aromatic nitrogens is 1. The smallest absolute Gasteiger partial charge is 0.344 e. The quantitative estimate of drug-likeness (QED) is 0.358. The van der Waals surface area contributed by atoms with Gasteiger partial charge in [0.25, 0.3) is 0 Å². The number of nitrogens with zero attached hydrogens (tertiary/aromatic N) is 1. The number of thiophene rings is 1. The molecule has 158 valence electrons. The Balaban J connectivity index is 1.53. The van der Waals surface area contributed by atoms with E-state index in [1.165, 1.54) is 12.0 Å². The molecule has 3 aromatic rings. The number of hydrogen-bond donors (Lipinski definition) is 0. The maximum atomic E-state index is 12.6. The monoisotopic (exact) mass is 427 g/mol. The van der Waals surface area contributed by atoms with Crippen LogP contribution in [-0.4, -0.2) is 36.6 Å². The van der Waals surface area contributed by atoms with Crippen LogP contribution in [0.15, 0.2) is 47.8 Å². The number of Topliss-reactive ketones (excluding diaryl/α,β-unsaturated/α-hetero) is 1. The Bertz CT molecular complexity index is 1010. The number of ether oxygens (including phenoxy) is 3. The Labute approximate surface area is 180 Å². The minimum absolute atomic E-state index is 0.226. The van der Waals surface area contributed by atoms with Crippen molar-refractivity contribution < 1.29 is 23.8 Å². The molecule has 1 aromatic carbocycles. The molecule has 2 heterocycles. The van der Waals surface area contributed by atoms with E-state index in [1.54, 1.807) is 35.6 Å². The zero-order valence-corrected chi connectivity index (χ0v) is 18.2. The molecule has 3 rings (SSSR count). The zero-order chi connectivity index (χ0) is 21.5. The third kappa shape index (κ3) is 5.30. The Morgan fingerprint density at radius 2 is 1.80 bits per heavy atom. The standard InChI is InChI=1S/C23H25NO5S/c1-16-13-19(17(2)24(16)11-10-18-7-6-12-30-18)20(25)14-29-23(26)15-28-22-9-5-4-8-21(22)27-3/h4-9,12-13H,10-11,14-15H2,1-3H3. The maximum absolute atomic E-state index is 12.6. The molecule has 0 aliphatic carbocycles. The van der Waals surface area contributed by atoms with Gasteiger partial charge < -0.3 is 18.8 Å². The van der Waals surface area contributed by atoms with Crippen LogP contribution < -0.4 is 9.47 Å². The summed E-state index contributed by atoms with van der Waals surface area (Å²) in [6, 6.07) is 13.0. The highest BCUT2D eigenvalue weighted by molar-refractivity contribution is 7.09. The number of methoxy groups -OCH3 is 1. The highest BCUT2D eigenvalue weighted by Gasteiger charge is 2.18. The number of ketones is 1. The van der Waals surface area contributed by atoms with Crippen molar-refractivity contribution in [3.8, 4) is 11.5 Å². The van der Waals surface area contributed by atoms with Crippen LogP contribution in [0.25, 0.3) is 0 Å². The molecule has 30 heavy (non-hydrogen) atoms. The predicted octanol–water partition coefficient (Wildman–Crippen LogP) is 4.22. The normalized spacial score (nSPS) is 10.6. The summed E-state index contributed by atoms with van der Waals surface area (Å²) in [4.78, 5) is 25.9. The highest BCUT2D eigenvalue weighted by atomic mass is 32.1. The van der Waals surface area contributed by atoms with Crippen LogP contribution in [0.3, 0.4) is 0 Å². The van der Waals surface area contributed by atoms with Crippen LogP contribution in [-0.2, 0) is 22.5 Å². The first-order valence-corrected chi connectivity index (χ1v) is 10.5. The summed E-state index contributed by atoms with van der Waals surface area (Å²) in [5.41, 5.74) is 2.48. The van der Waals surface area contributed by atoms with Gasteiger partial charge in [-0.1, -0.05) is 18.2 Å². The summed E-state index contributed by atoms with van der Waals surface area (Å²) in [5.74, 6) is 0.130. The largest absolute Gasteiger partial charge is 0.493 e. The van der Waals surface area contributed by atoms with Gasteiger partial charge in [0.1, 0.15) is 0 Å². The number of esters is 1. The van der Waals surface area contributed by atoms with Gasteiger partial charge in [0.2, 0.25) is 5.78 Å². The lowest BCUT2D eigenvalue weighted by atomic mass is 10.1. The molecular weight excluding hydrogens is 402 g/mol. The fourth-order valence-corrected chi connectivity index (χ4v) is 3.94. The average molecular weight is 428 g/mol. The van der Waals surface area contributed by atoms with E-state index in [0.29, 0.717) is 17.1 Å². The lowest BCUT2D eigenvalue weighted by molar-refractivity contribution is -0.144. The van der Waals surface area contributed by atoms with Crippen LogP contribution in [0.5, 0.6) is 11.5 Å². The van der Waals surface area contributed by atoms with Crippen LogP contribution >= 0.6 is 11.3 Å².